The zero-order chi connectivity index (χ0) is 12.0. The van der Waals surface area contributed by atoms with E-state index in [0.29, 0.717) is 0 Å². The zero-order valence-corrected chi connectivity index (χ0v) is 11.5. The second-order valence-corrected chi connectivity index (χ2v) is 4.84. The van der Waals surface area contributed by atoms with E-state index in [1.165, 1.54) is 12.8 Å². The van der Waals surface area contributed by atoms with Gasteiger partial charge in [0.15, 0.2) is 0 Å². The van der Waals surface area contributed by atoms with Crippen molar-refractivity contribution < 1.29 is 9.84 Å². The Balaban J connectivity index is 2.70. The van der Waals surface area contributed by atoms with Crippen LogP contribution in [0.15, 0.2) is 16.6 Å². The van der Waals surface area contributed by atoms with Crippen molar-refractivity contribution in [1.29, 1.82) is 0 Å². The predicted molar refractivity (Wildman–Crippen MR) is 69.8 cm³/mol. The second kappa shape index (κ2) is 6.92. The number of aliphatic hydroxyl groups is 1. The van der Waals surface area contributed by atoms with Gasteiger partial charge in [0.25, 0.3) is 0 Å². The highest BCUT2D eigenvalue weighted by Crippen LogP contribution is 2.28. The highest BCUT2D eigenvalue weighted by molar-refractivity contribution is 9.10. The van der Waals surface area contributed by atoms with E-state index >= 15 is 0 Å². The van der Waals surface area contributed by atoms with Crippen LogP contribution < -0.4 is 4.74 Å². The van der Waals surface area contributed by atoms with Gasteiger partial charge in [-0.25, -0.2) is 0 Å². The molecule has 0 amide bonds. The van der Waals surface area contributed by atoms with Crippen LogP contribution in [0.3, 0.4) is 0 Å². The third-order valence-corrected chi connectivity index (χ3v) is 2.94. The van der Waals surface area contributed by atoms with Crippen LogP contribution in [0.5, 0.6) is 5.75 Å². The lowest BCUT2D eigenvalue weighted by Gasteiger charge is -2.13. The number of rotatable bonds is 6. The fourth-order valence-corrected chi connectivity index (χ4v) is 2.27. The molecule has 0 fully saturated rings. The van der Waals surface area contributed by atoms with Gasteiger partial charge in [0, 0.05) is 10.0 Å². The molecule has 0 aliphatic carbocycles. The van der Waals surface area contributed by atoms with E-state index in [0.717, 1.165) is 34.4 Å². The van der Waals surface area contributed by atoms with Crippen molar-refractivity contribution in [3.63, 3.8) is 0 Å². The molecule has 2 nitrogen and oxygen atoms in total. The first-order valence-corrected chi connectivity index (χ1v) is 6.51. The van der Waals surface area contributed by atoms with Crippen molar-refractivity contribution >= 4 is 15.9 Å². The van der Waals surface area contributed by atoms with Crippen molar-refractivity contribution in [2.45, 2.75) is 39.7 Å². The fraction of sp³-hybridized carbons (Fsp3) is 0.538. The summed E-state index contributed by atoms with van der Waals surface area (Å²) in [6.07, 6.45) is 3.44. The molecule has 0 saturated heterocycles. The van der Waals surface area contributed by atoms with Gasteiger partial charge >= 0.3 is 0 Å². The maximum Gasteiger partial charge on any atom is 0.127 e. The van der Waals surface area contributed by atoms with Crippen LogP contribution in [0, 0.1) is 6.92 Å². The average molecular weight is 287 g/mol. The Morgan fingerprint density at radius 2 is 2.06 bits per heavy atom. The van der Waals surface area contributed by atoms with Gasteiger partial charge in [-0.15, -0.1) is 0 Å². The quantitative estimate of drug-likeness (QED) is 0.806. The molecule has 0 aliphatic heterocycles. The van der Waals surface area contributed by atoms with Crippen LogP contribution in [0.2, 0.25) is 0 Å². The van der Waals surface area contributed by atoms with E-state index < -0.39 is 0 Å². The van der Waals surface area contributed by atoms with E-state index in [1.54, 1.807) is 0 Å². The Morgan fingerprint density at radius 1 is 1.31 bits per heavy atom. The lowest BCUT2D eigenvalue weighted by molar-refractivity contribution is 0.259. The van der Waals surface area contributed by atoms with Gasteiger partial charge in [0.1, 0.15) is 5.75 Å². The highest BCUT2D eigenvalue weighted by atomic mass is 79.9. The van der Waals surface area contributed by atoms with Gasteiger partial charge in [-0.3, -0.25) is 0 Å². The molecule has 16 heavy (non-hydrogen) atoms. The molecule has 0 saturated carbocycles. The smallest absolute Gasteiger partial charge is 0.127 e. The molecule has 0 unspecified atom stereocenters. The minimum absolute atomic E-state index is 0.0173. The minimum atomic E-state index is 0.0173. The molecule has 0 radical (unpaired) electrons. The highest BCUT2D eigenvalue weighted by Gasteiger charge is 2.07. The van der Waals surface area contributed by atoms with Crippen LogP contribution in [0.25, 0.3) is 0 Å². The first kappa shape index (κ1) is 13.5. The maximum absolute atomic E-state index is 9.27. The Morgan fingerprint density at radius 3 is 2.69 bits per heavy atom. The predicted octanol–water partition coefficient (Wildman–Crippen LogP) is 3.82. The molecule has 0 aromatic heterocycles. The molecule has 0 aliphatic rings. The molecule has 3 heteroatoms. The summed E-state index contributed by atoms with van der Waals surface area (Å²) in [6, 6.07) is 3.91. The lowest BCUT2D eigenvalue weighted by atomic mass is 10.1. The number of aryl methyl sites for hydroxylation is 1. The van der Waals surface area contributed by atoms with Gasteiger partial charge in [-0.05, 0) is 31.0 Å². The second-order valence-electron chi connectivity index (χ2n) is 3.92. The monoisotopic (exact) mass is 286 g/mol. The zero-order valence-electron chi connectivity index (χ0n) is 9.92. The molecule has 0 atom stereocenters. The Bertz CT molecular complexity index is 337. The van der Waals surface area contributed by atoms with Crippen LogP contribution in [-0.2, 0) is 6.61 Å². The topological polar surface area (TPSA) is 29.5 Å². The van der Waals surface area contributed by atoms with Crippen molar-refractivity contribution in [1.82, 2.24) is 0 Å². The molecular weight excluding hydrogens is 268 g/mol. The van der Waals surface area contributed by atoms with Crippen LogP contribution in [0.1, 0.15) is 37.3 Å². The molecule has 0 heterocycles. The number of unbranched alkanes of at least 4 members (excludes halogenated alkanes) is 2. The lowest BCUT2D eigenvalue weighted by Crippen LogP contribution is -2.02. The molecule has 1 N–H and O–H groups in total. The van der Waals surface area contributed by atoms with Crippen LogP contribution in [0.4, 0.5) is 0 Å². The molecule has 0 spiro atoms. The van der Waals surface area contributed by atoms with Gasteiger partial charge in [0.2, 0.25) is 0 Å². The van der Waals surface area contributed by atoms with Crippen molar-refractivity contribution in [2.75, 3.05) is 6.61 Å². The SMILES string of the molecule is CCCCCOc1c(C)cc(Br)cc1CO. The third-order valence-electron chi connectivity index (χ3n) is 2.48. The number of halogens is 1. The molecular formula is C13H19BrO2. The number of benzene rings is 1. The molecule has 1 aromatic rings. The minimum Gasteiger partial charge on any atom is -0.493 e. The van der Waals surface area contributed by atoms with E-state index in [9.17, 15) is 5.11 Å². The summed E-state index contributed by atoms with van der Waals surface area (Å²) < 4.78 is 6.72. The summed E-state index contributed by atoms with van der Waals surface area (Å²) >= 11 is 3.41. The molecule has 0 bridgehead atoms. The third kappa shape index (κ3) is 3.80. The fourth-order valence-electron chi connectivity index (χ4n) is 1.65. The van der Waals surface area contributed by atoms with Crippen molar-refractivity contribution in [3.05, 3.63) is 27.7 Å². The largest absolute Gasteiger partial charge is 0.493 e. The van der Waals surface area contributed by atoms with Gasteiger partial charge < -0.3 is 9.84 Å². The van der Waals surface area contributed by atoms with E-state index in [4.69, 9.17) is 4.74 Å². The number of aliphatic hydroxyl groups excluding tert-OH is 1. The first-order valence-electron chi connectivity index (χ1n) is 5.71. The number of hydrogen-bond donors (Lipinski definition) is 1. The number of ether oxygens (including phenoxy) is 1. The first-order chi connectivity index (χ1) is 7.69. The van der Waals surface area contributed by atoms with Gasteiger partial charge in [-0.2, -0.15) is 0 Å². The van der Waals surface area contributed by atoms with Crippen molar-refractivity contribution in [2.24, 2.45) is 0 Å². The summed E-state index contributed by atoms with van der Waals surface area (Å²) in [6.45, 7) is 4.91. The van der Waals surface area contributed by atoms with Gasteiger partial charge in [-0.1, -0.05) is 35.7 Å². The molecule has 1 aromatic carbocycles. The summed E-state index contributed by atoms with van der Waals surface area (Å²) in [7, 11) is 0. The van der Waals surface area contributed by atoms with Crippen LogP contribution in [-0.4, -0.2) is 11.7 Å². The van der Waals surface area contributed by atoms with E-state index in [2.05, 4.69) is 22.9 Å². The Labute approximate surface area is 106 Å². The summed E-state index contributed by atoms with van der Waals surface area (Å²) in [5.41, 5.74) is 1.92. The van der Waals surface area contributed by atoms with E-state index in [-0.39, 0.29) is 6.61 Å². The van der Waals surface area contributed by atoms with Crippen molar-refractivity contribution in [3.8, 4) is 5.75 Å². The Kier molecular flexibility index (Phi) is 5.85. The number of hydrogen-bond acceptors (Lipinski definition) is 2. The van der Waals surface area contributed by atoms with Gasteiger partial charge in [0.05, 0.1) is 13.2 Å². The summed E-state index contributed by atoms with van der Waals surface area (Å²) in [4.78, 5) is 0. The van der Waals surface area contributed by atoms with E-state index in [1.807, 2.05) is 19.1 Å². The Hall–Kier alpha value is -0.540. The average Bonchev–Trinajstić information content (AvgIpc) is 2.26. The summed E-state index contributed by atoms with van der Waals surface area (Å²) in [5.74, 6) is 0.835. The van der Waals surface area contributed by atoms with Crippen LogP contribution >= 0.6 is 15.9 Å². The standard InChI is InChI=1S/C13H19BrO2/c1-3-4-5-6-16-13-10(2)7-12(14)8-11(13)9-15/h7-8,15H,3-6,9H2,1-2H3. The summed E-state index contributed by atoms with van der Waals surface area (Å²) in [5, 5.41) is 9.27. The molecule has 1 rings (SSSR count). The maximum atomic E-state index is 9.27. The molecule has 90 valence electrons. The normalized spacial score (nSPS) is 10.5.